The zero-order chi connectivity index (χ0) is 28.3. The summed E-state index contributed by atoms with van der Waals surface area (Å²) >= 11 is 0. The second kappa shape index (κ2) is 9.37. The van der Waals surface area contributed by atoms with E-state index in [4.69, 9.17) is 9.97 Å². The second-order valence-corrected chi connectivity index (χ2v) is 11.0. The van der Waals surface area contributed by atoms with Crippen molar-refractivity contribution in [3.8, 4) is 27.9 Å². The van der Waals surface area contributed by atoms with Crippen LogP contribution in [-0.2, 0) is 0 Å². The third kappa shape index (κ3) is 3.55. The first-order chi connectivity index (χ1) is 21.4. The Morgan fingerprint density at radius 1 is 0.442 bits per heavy atom. The molecule has 9 aromatic rings. The standard InChI is InChI=1S/C40H25N3/c1-3-12-26(13-4-1)37-31-18-11-23-41-40(31)39-30-17-7-9-19-34(30)42-25-33(39)38(37)27-21-22-36-32(24-27)29-16-8-10-20-35(29)43(36)28-14-5-2-6-15-28/h1-25H. The number of nitrogens with zero attached hydrogens (tertiary/aromatic N) is 3. The Bertz CT molecular complexity index is 2490. The molecule has 0 radical (unpaired) electrons. The number of hydrogen-bond donors (Lipinski definition) is 0. The van der Waals surface area contributed by atoms with Crippen LogP contribution in [0.5, 0.6) is 0 Å². The lowest BCUT2D eigenvalue weighted by Crippen LogP contribution is -1.95. The molecule has 6 aromatic carbocycles. The third-order valence-corrected chi connectivity index (χ3v) is 8.65. The van der Waals surface area contributed by atoms with E-state index in [0.717, 1.165) is 49.4 Å². The molecule has 3 heteroatoms. The number of aromatic nitrogens is 3. The number of fused-ring (bicyclic) bond motifs is 8. The van der Waals surface area contributed by atoms with Gasteiger partial charge in [0.2, 0.25) is 0 Å². The molecule has 0 saturated carbocycles. The molecule has 0 unspecified atom stereocenters. The number of pyridine rings is 2. The smallest absolute Gasteiger partial charge is 0.0794 e. The Kier molecular flexibility index (Phi) is 5.20. The van der Waals surface area contributed by atoms with Gasteiger partial charge in [-0.05, 0) is 64.7 Å². The minimum Gasteiger partial charge on any atom is -0.309 e. The number of rotatable bonds is 3. The molecule has 0 saturated heterocycles. The van der Waals surface area contributed by atoms with Crippen molar-refractivity contribution in [2.75, 3.05) is 0 Å². The van der Waals surface area contributed by atoms with E-state index < -0.39 is 0 Å². The molecule has 3 aromatic heterocycles. The Hall–Kier alpha value is -5.80. The Labute approximate surface area is 248 Å². The summed E-state index contributed by atoms with van der Waals surface area (Å²) in [6.45, 7) is 0. The Morgan fingerprint density at radius 3 is 1.98 bits per heavy atom. The fraction of sp³-hybridized carbons (Fsp3) is 0. The summed E-state index contributed by atoms with van der Waals surface area (Å²) in [5.41, 5.74) is 10.2. The van der Waals surface area contributed by atoms with Crippen molar-refractivity contribution in [1.29, 1.82) is 0 Å². The predicted octanol–water partition coefficient (Wildman–Crippen LogP) is 10.4. The van der Waals surface area contributed by atoms with Crippen molar-refractivity contribution in [1.82, 2.24) is 14.5 Å². The van der Waals surface area contributed by atoms with Gasteiger partial charge in [0.25, 0.3) is 0 Å². The van der Waals surface area contributed by atoms with E-state index in [1.54, 1.807) is 0 Å². The molecule has 0 aliphatic carbocycles. The highest BCUT2D eigenvalue weighted by molar-refractivity contribution is 6.27. The Morgan fingerprint density at radius 2 is 1.12 bits per heavy atom. The molecule has 3 nitrogen and oxygen atoms in total. The van der Waals surface area contributed by atoms with Crippen molar-refractivity contribution >= 4 is 54.4 Å². The van der Waals surface area contributed by atoms with Crippen LogP contribution in [0.25, 0.3) is 82.3 Å². The largest absolute Gasteiger partial charge is 0.309 e. The molecule has 200 valence electrons. The predicted molar refractivity (Wildman–Crippen MR) is 180 cm³/mol. The lowest BCUT2D eigenvalue weighted by Gasteiger charge is -2.19. The van der Waals surface area contributed by atoms with E-state index in [2.05, 4.69) is 132 Å². The molecular formula is C40H25N3. The van der Waals surface area contributed by atoms with E-state index in [-0.39, 0.29) is 0 Å². The van der Waals surface area contributed by atoms with E-state index >= 15 is 0 Å². The molecular weight excluding hydrogens is 522 g/mol. The molecule has 9 rings (SSSR count). The first kappa shape index (κ1) is 23.9. The van der Waals surface area contributed by atoms with Crippen LogP contribution in [0.4, 0.5) is 0 Å². The summed E-state index contributed by atoms with van der Waals surface area (Å²) in [5, 5.41) is 6.97. The van der Waals surface area contributed by atoms with Crippen LogP contribution >= 0.6 is 0 Å². The van der Waals surface area contributed by atoms with Crippen molar-refractivity contribution in [3.05, 3.63) is 152 Å². The van der Waals surface area contributed by atoms with Crippen LogP contribution in [-0.4, -0.2) is 14.5 Å². The van der Waals surface area contributed by atoms with Gasteiger partial charge in [0.05, 0.1) is 22.1 Å². The van der Waals surface area contributed by atoms with Gasteiger partial charge in [0, 0.05) is 50.4 Å². The van der Waals surface area contributed by atoms with Crippen molar-refractivity contribution < 1.29 is 0 Å². The number of hydrogen-bond acceptors (Lipinski definition) is 2. The first-order valence-corrected chi connectivity index (χ1v) is 14.6. The third-order valence-electron chi connectivity index (χ3n) is 8.65. The zero-order valence-corrected chi connectivity index (χ0v) is 23.3. The van der Waals surface area contributed by atoms with Crippen molar-refractivity contribution in [2.24, 2.45) is 0 Å². The van der Waals surface area contributed by atoms with Gasteiger partial charge in [-0.3, -0.25) is 9.97 Å². The number of benzene rings is 6. The quantitative estimate of drug-likeness (QED) is 0.206. The topological polar surface area (TPSA) is 30.7 Å². The highest BCUT2D eigenvalue weighted by atomic mass is 15.0. The molecule has 0 fully saturated rings. The average Bonchev–Trinajstić information content (AvgIpc) is 3.42. The van der Waals surface area contributed by atoms with Gasteiger partial charge in [-0.1, -0.05) is 97.1 Å². The maximum absolute atomic E-state index is 4.98. The summed E-state index contributed by atoms with van der Waals surface area (Å²) < 4.78 is 2.37. The average molecular weight is 548 g/mol. The van der Waals surface area contributed by atoms with E-state index in [1.165, 1.54) is 32.9 Å². The summed E-state index contributed by atoms with van der Waals surface area (Å²) in [5.74, 6) is 0. The summed E-state index contributed by atoms with van der Waals surface area (Å²) in [6, 6.07) is 49.6. The maximum atomic E-state index is 4.98. The van der Waals surface area contributed by atoms with Crippen molar-refractivity contribution in [2.45, 2.75) is 0 Å². The molecule has 0 amide bonds. The lowest BCUT2D eigenvalue weighted by atomic mass is 9.86. The number of para-hydroxylation sites is 3. The van der Waals surface area contributed by atoms with Gasteiger partial charge in [-0.15, -0.1) is 0 Å². The Balaban J connectivity index is 1.46. The van der Waals surface area contributed by atoms with Crippen molar-refractivity contribution in [3.63, 3.8) is 0 Å². The highest BCUT2D eigenvalue weighted by Gasteiger charge is 2.21. The molecule has 0 spiro atoms. The first-order valence-electron chi connectivity index (χ1n) is 14.6. The minimum atomic E-state index is 0.974. The summed E-state index contributed by atoms with van der Waals surface area (Å²) in [6.07, 6.45) is 3.95. The molecule has 0 bridgehead atoms. The lowest BCUT2D eigenvalue weighted by molar-refractivity contribution is 1.18. The van der Waals surface area contributed by atoms with Gasteiger partial charge < -0.3 is 4.57 Å². The molecule has 43 heavy (non-hydrogen) atoms. The van der Waals surface area contributed by atoms with Crippen LogP contribution < -0.4 is 0 Å². The van der Waals surface area contributed by atoms with E-state index in [1.807, 2.05) is 24.5 Å². The van der Waals surface area contributed by atoms with Crippen LogP contribution in [0.1, 0.15) is 0 Å². The molecule has 0 atom stereocenters. The molecule has 3 heterocycles. The zero-order valence-electron chi connectivity index (χ0n) is 23.3. The fourth-order valence-electron chi connectivity index (χ4n) is 6.85. The van der Waals surface area contributed by atoms with Gasteiger partial charge in [0.15, 0.2) is 0 Å². The molecule has 0 aliphatic rings. The van der Waals surface area contributed by atoms with Crippen LogP contribution in [0.15, 0.2) is 152 Å². The molecule has 0 aliphatic heterocycles. The van der Waals surface area contributed by atoms with Gasteiger partial charge >= 0.3 is 0 Å². The monoisotopic (exact) mass is 547 g/mol. The highest BCUT2D eigenvalue weighted by Crippen LogP contribution is 2.46. The maximum Gasteiger partial charge on any atom is 0.0794 e. The van der Waals surface area contributed by atoms with Gasteiger partial charge in [0.1, 0.15) is 0 Å². The minimum absolute atomic E-state index is 0.974. The second-order valence-electron chi connectivity index (χ2n) is 11.0. The SMILES string of the molecule is c1ccc(-c2c(-c3ccc4c(c3)c3ccccc3n4-c3ccccc3)c3cnc4ccccc4c3c3ncccc23)cc1. The van der Waals surface area contributed by atoms with Crippen LogP contribution in [0.2, 0.25) is 0 Å². The van der Waals surface area contributed by atoms with Crippen LogP contribution in [0.3, 0.4) is 0 Å². The van der Waals surface area contributed by atoms with Gasteiger partial charge in [-0.25, -0.2) is 0 Å². The van der Waals surface area contributed by atoms with E-state index in [9.17, 15) is 0 Å². The molecule has 0 N–H and O–H groups in total. The fourth-order valence-corrected chi connectivity index (χ4v) is 6.85. The van der Waals surface area contributed by atoms with E-state index in [0.29, 0.717) is 0 Å². The van der Waals surface area contributed by atoms with Gasteiger partial charge in [-0.2, -0.15) is 0 Å². The van der Waals surface area contributed by atoms with Crippen LogP contribution in [0, 0.1) is 0 Å². The normalized spacial score (nSPS) is 11.7. The summed E-state index contributed by atoms with van der Waals surface area (Å²) in [7, 11) is 0. The summed E-state index contributed by atoms with van der Waals surface area (Å²) in [4.78, 5) is 9.94.